The molecule has 3 aliphatic carbocycles. The second-order valence-corrected chi connectivity index (χ2v) is 9.78. The molecule has 3 heterocycles. The van der Waals surface area contributed by atoms with E-state index in [2.05, 4.69) is 73.1 Å². The zero-order valence-electron chi connectivity index (χ0n) is 16.8. The molecular formula is C23H22BrN5O. The standard InChI is InChI=1S/C23H22BrN5O/c1-15-4-6-16(7-5-15)18-25-21(30-28-18)23-11-8-22(9-12-23,10-13-23)20-27-26-19-17(24)3-2-14-29(19)20/h2-7,14H,8-13H2,1H3. The predicted molar refractivity (Wildman–Crippen MR) is 116 cm³/mol. The monoisotopic (exact) mass is 463 g/mol. The molecule has 0 saturated heterocycles. The van der Waals surface area contributed by atoms with E-state index >= 15 is 0 Å². The van der Waals surface area contributed by atoms with E-state index in [4.69, 9.17) is 9.51 Å². The number of hydrogen-bond acceptors (Lipinski definition) is 5. The van der Waals surface area contributed by atoms with Crippen molar-refractivity contribution in [3.8, 4) is 11.4 Å². The number of halogens is 1. The zero-order chi connectivity index (χ0) is 20.3. The van der Waals surface area contributed by atoms with Crippen molar-refractivity contribution in [2.24, 2.45) is 0 Å². The Bertz CT molecular complexity index is 1220. The maximum Gasteiger partial charge on any atom is 0.233 e. The van der Waals surface area contributed by atoms with Crippen LogP contribution < -0.4 is 0 Å². The van der Waals surface area contributed by atoms with Crippen LogP contribution in [0.1, 0.15) is 55.8 Å². The summed E-state index contributed by atoms with van der Waals surface area (Å²) in [4.78, 5) is 4.83. The molecule has 3 saturated carbocycles. The summed E-state index contributed by atoms with van der Waals surface area (Å²) in [6.45, 7) is 2.08. The molecule has 3 fully saturated rings. The van der Waals surface area contributed by atoms with Gasteiger partial charge in [-0.3, -0.25) is 4.40 Å². The Morgan fingerprint density at radius 1 is 0.933 bits per heavy atom. The first-order chi connectivity index (χ1) is 14.6. The molecule has 3 aliphatic rings. The lowest BCUT2D eigenvalue weighted by atomic mass is 9.53. The minimum Gasteiger partial charge on any atom is -0.338 e. The van der Waals surface area contributed by atoms with Gasteiger partial charge in [0.1, 0.15) is 5.82 Å². The molecule has 2 bridgehead atoms. The number of aromatic nitrogens is 5. The number of aryl methyl sites for hydroxylation is 1. The van der Waals surface area contributed by atoms with E-state index in [0.717, 1.165) is 65.9 Å². The second kappa shape index (κ2) is 6.48. The summed E-state index contributed by atoms with van der Waals surface area (Å²) in [5.41, 5.74) is 3.21. The SMILES string of the molecule is Cc1ccc(-c2noc(C34CCC(c5nnc6c(Br)cccn56)(CC3)CC4)n2)cc1. The summed E-state index contributed by atoms with van der Waals surface area (Å²) in [5.74, 6) is 2.59. The molecule has 152 valence electrons. The predicted octanol–water partition coefficient (Wildman–Crippen LogP) is 5.39. The fraction of sp³-hybridized carbons (Fsp3) is 0.391. The van der Waals surface area contributed by atoms with Gasteiger partial charge in [0.25, 0.3) is 0 Å². The van der Waals surface area contributed by atoms with Gasteiger partial charge in [-0.05, 0) is 73.5 Å². The van der Waals surface area contributed by atoms with Crippen molar-refractivity contribution < 1.29 is 4.52 Å². The number of hydrogen-bond donors (Lipinski definition) is 0. The Balaban J connectivity index is 1.30. The molecule has 0 amide bonds. The molecule has 0 spiro atoms. The maximum absolute atomic E-state index is 5.82. The number of fused-ring (bicyclic) bond motifs is 4. The lowest BCUT2D eigenvalue weighted by Gasteiger charge is -2.50. The van der Waals surface area contributed by atoms with Crippen molar-refractivity contribution in [3.63, 3.8) is 0 Å². The average molecular weight is 464 g/mol. The average Bonchev–Trinajstić information content (AvgIpc) is 3.45. The zero-order valence-corrected chi connectivity index (χ0v) is 18.4. The van der Waals surface area contributed by atoms with Crippen LogP contribution in [0.25, 0.3) is 17.0 Å². The van der Waals surface area contributed by atoms with Gasteiger partial charge < -0.3 is 4.52 Å². The highest BCUT2D eigenvalue weighted by atomic mass is 79.9. The lowest BCUT2D eigenvalue weighted by molar-refractivity contribution is 0.0700. The first-order valence-corrected chi connectivity index (χ1v) is 11.3. The molecule has 7 rings (SSSR count). The van der Waals surface area contributed by atoms with E-state index in [1.165, 1.54) is 5.56 Å². The summed E-state index contributed by atoms with van der Waals surface area (Å²) in [7, 11) is 0. The highest BCUT2D eigenvalue weighted by Gasteiger charge is 2.54. The Morgan fingerprint density at radius 3 is 2.37 bits per heavy atom. The second-order valence-electron chi connectivity index (χ2n) is 8.92. The number of nitrogens with zero attached hydrogens (tertiary/aromatic N) is 5. The summed E-state index contributed by atoms with van der Waals surface area (Å²) >= 11 is 3.60. The van der Waals surface area contributed by atoms with E-state index < -0.39 is 0 Å². The van der Waals surface area contributed by atoms with Crippen molar-refractivity contribution in [1.82, 2.24) is 24.7 Å². The largest absolute Gasteiger partial charge is 0.338 e. The minimum atomic E-state index is -0.00122. The van der Waals surface area contributed by atoms with Gasteiger partial charge in [0, 0.05) is 22.6 Å². The summed E-state index contributed by atoms with van der Waals surface area (Å²) in [5, 5.41) is 13.4. The molecule has 0 atom stereocenters. The first kappa shape index (κ1) is 18.2. The van der Waals surface area contributed by atoms with Gasteiger partial charge in [0.2, 0.25) is 11.7 Å². The fourth-order valence-corrected chi connectivity index (χ4v) is 5.77. The number of benzene rings is 1. The van der Waals surface area contributed by atoms with Crippen LogP contribution in [0.3, 0.4) is 0 Å². The van der Waals surface area contributed by atoms with Crippen LogP contribution in [0.15, 0.2) is 51.6 Å². The smallest absolute Gasteiger partial charge is 0.233 e. The van der Waals surface area contributed by atoms with Gasteiger partial charge >= 0.3 is 0 Å². The van der Waals surface area contributed by atoms with E-state index in [0.29, 0.717) is 5.82 Å². The van der Waals surface area contributed by atoms with Crippen LogP contribution in [0, 0.1) is 6.92 Å². The first-order valence-electron chi connectivity index (χ1n) is 10.5. The summed E-state index contributed by atoms with van der Waals surface area (Å²) < 4.78 is 8.96. The third-order valence-electron chi connectivity index (χ3n) is 7.30. The van der Waals surface area contributed by atoms with Crippen molar-refractivity contribution in [2.45, 2.75) is 56.3 Å². The quantitative estimate of drug-likeness (QED) is 0.407. The molecule has 30 heavy (non-hydrogen) atoms. The minimum absolute atomic E-state index is 0.00122. The van der Waals surface area contributed by atoms with Gasteiger partial charge in [-0.1, -0.05) is 35.0 Å². The van der Waals surface area contributed by atoms with E-state index in [1.807, 2.05) is 12.1 Å². The lowest BCUT2D eigenvalue weighted by Crippen LogP contribution is -2.47. The molecular weight excluding hydrogens is 442 g/mol. The Kier molecular flexibility index (Phi) is 3.94. The Hall–Kier alpha value is -2.54. The molecule has 0 radical (unpaired) electrons. The maximum atomic E-state index is 5.82. The van der Waals surface area contributed by atoms with E-state index in [-0.39, 0.29) is 10.8 Å². The van der Waals surface area contributed by atoms with Crippen molar-refractivity contribution in [3.05, 3.63) is 64.3 Å². The fourth-order valence-electron chi connectivity index (χ4n) is 5.35. The summed E-state index contributed by atoms with van der Waals surface area (Å²) in [6, 6.07) is 12.3. The Labute approximate surface area is 182 Å². The molecule has 4 aromatic rings. The molecule has 6 nitrogen and oxygen atoms in total. The van der Waals surface area contributed by atoms with Crippen LogP contribution in [0.2, 0.25) is 0 Å². The van der Waals surface area contributed by atoms with Crippen LogP contribution in [-0.4, -0.2) is 24.7 Å². The normalized spacial score (nSPS) is 25.8. The summed E-state index contributed by atoms with van der Waals surface area (Å²) in [6.07, 6.45) is 8.43. The van der Waals surface area contributed by atoms with Gasteiger partial charge in [0.05, 0.1) is 4.47 Å². The highest BCUT2D eigenvalue weighted by molar-refractivity contribution is 9.10. The van der Waals surface area contributed by atoms with E-state index in [9.17, 15) is 0 Å². The third kappa shape index (κ3) is 2.61. The third-order valence-corrected chi connectivity index (χ3v) is 7.92. The van der Waals surface area contributed by atoms with Crippen molar-refractivity contribution in [1.29, 1.82) is 0 Å². The van der Waals surface area contributed by atoms with Crippen LogP contribution in [0.4, 0.5) is 0 Å². The number of pyridine rings is 1. The van der Waals surface area contributed by atoms with Gasteiger partial charge in [-0.25, -0.2) is 0 Å². The van der Waals surface area contributed by atoms with Gasteiger partial charge in [-0.2, -0.15) is 4.98 Å². The van der Waals surface area contributed by atoms with E-state index in [1.54, 1.807) is 0 Å². The molecule has 0 unspecified atom stereocenters. The molecule has 0 N–H and O–H groups in total. The van der Waals surface area contributed by atoms with Crippen LogP contribution >= 0.6 is 15.9 Å². The van der Waals surface area contributed by atoms with Crippen LogP contribution in [-0.2, 0) is 10.8 Å². The van der Waals surface area contributed by atoms with Crippen LogP contribution in [0.5, 0.6) is 0 Å². The van der Waals surface area contributed by atoms with Gasteiger partial charge in [0.15, 0.2) is 5.65 Å². The number of rotatable bonds is 3. The Morgan fingerprint density at radius 2 is 1.63 bits per heavy atom. The van der Waals surface area contributed by atoms with Crippen molar-refractivity contribution >= 4 is 21.6 Å². The van der Waals surface area contributed by atoms with Crippen molar-refractivity contribution in [2.75, 3.05) is 0 Å². The highest BCUT2D eigenvalue weighted by Crippen LogP contribution is 2.58. The molecule has 3 aromatic heterocycles. The molecule has 0 aliphatic heterocycles. The molecule has 7 heteroatoms. The molecule has 1 aromatic carbocycles. The van der Waals surface area contributed by atoms with Gasteiger partial charge in [-0.15, -0.1) is 10.2 Å². The topological polar surface area (TPSA) is 69.1 Å².